The molecule has 2 heterocycles. The molecule has 6 heteroatoms. The molecular weight excluding hydrogens is 390 g/mol. The number of benzene rings is 2. The van der Waals surface area contributed by atoms with Crippen LogP contribution in [0.2, 0.25) is 5.02 Å². The molecule has 1 saturated heterocycles. The fraction of sp³-hybridized carbons (Fsp3) is 0.409. The van der Waals surface area contributed by atoms with Crippen molar-refractivity contribution in [3.63, 3.8) is 0 Å². The largest absolute Gasteiger partial charge is 0.411 e. The fourth-order valence-corrected chi connectivity index (χ4v) is 5.37. The van der Waals surface area contributed by atoms with Crippen LogP contribution in [0.25, 0.3) is 0 Å². The Morgan fingerprint density at radius 2 is 1.93 bits per heavy atom. The summed E-state index contributed by atoms with van der Waals surface area (Å²) >= 11 is 8.25. The van der Waals surface area contributed by atoms with Crippen LogP contribution in [0.1, 0.15) is 30.5 Å². The topological polar surface area (TPSA) is 39.1 Å². The van der Waals surface area contributed by atoms with Crippen molar-refractivity contribution in [1.29, 1.82) is 0 Å². The summed E-state index contributed by atoms with van der Waals surface area (Å²) < 4.78 is 0. The Bertz CT molecular complexity index is 865. The zero-order valence-corrected chi connectivity index (χ0v) is 17.7. The highest BCUT2D eigenvalue weighted by atomic mass is 35.5. The maximum absolute atomic E-state index is 8.85. The molecule has 2 aliphatic heterocycles. The van der Waals surface area contributed by atoms with Crippen LogP contribution in [0.3, 0.4) is 0 Å². The average molecular weight is 416 g/mol. The van der Waals surface area contributed by atoms with Crippen LogP contribution in [0.4, 0.5) is 0 Å². The zero-order chi connectivity index (χ0) is 19.5. The molecule has 2 aromatic carbocycles. The monoisotopic (exact) mass is 415 g/mol. The molecule has 4 nitrogen and oxygen atoms in total. The molecule has 0 bridgehead atoms. The smallest absolute Gasteiger partial charge is 0.0552 e. The maximum Gasteiger partial charge on any atom is 0.0552 e. The molecule has 0 saturated carbocycles. The average Bonchev–Trinajstić information content (AvgIpc) is 2.89. The number of hydrogen-bond donors (Lipinski definition) is 1. The van der Waals surface area contributed by atoms with Gasteiger partial charge in [0.15, 0.2) is 0 Å². The first-order valence-electron chi connectivity index (χ1n) is 9.83. The van der Waals surface area contributed by atoms with Gasteiger partial charge in [0.25, 0.3) is 0 Å². The number of hydrogen-bond acceptors (Lipinski definition) is 5. The Hall–Kier alpha value is -1.53. The predicted octanol–water partition coefficient (Wildman–Crippen LogP) is 4.95. The molecule has 0 spiro atoms. The molecule has 2 aromatic rings. The predicted molar refractivity (Wildman–Crippen MR) is 116 cm³/mol. The molecule has 28 heavy (non-hydrogen) atoms. The number of rotatable bonds is 4. The van der Waals surface area contributed by atoms with E-state index >= 15 is 0 Å². The van der Waals surface area contributed by atoms with Gasteiger partial charge in [-0.15, -0.1) is 0 Å². The first-order valence-corrected chi connectivity index (χ1v) is 11.0. The lowest BCUT2D eigenvalue weighted by atomic mass is 9.96. The summed E-state index contributed by atoms with van der Waals surface area (Å²) in [5, 5.41) is 13.0. The Balaban J connectivity index is 1.53. The molecule has 1 fully saturated rings. The Labute approximate surface area is 176 Å². The third kappa shape index (κ3) is 4.38. The Morgan fingerprint density at radius 3 is 2.71 bits per heavy atom. The minimum Gasteiger partial charge on any atom is -0.411 e. The summed E-state index contributed by atoms with van der Waals surface area (Å²) in [6, 6.07) is 15.4. The molecular formula is C22H26ClN3OS. The van der Waals surface area contributed by atoms with Gasteiger partial charge >= 0.3 is 0 Å². The summed E-state index contributed by atoms with van der Waals surface area (Å²) in [7, 11) is 0. The second-order valence-electron chi connectivity index (χ2n) is 7.57. The minimum atomic E-state index is 0.354. The normalized spacial score (nSPS) is 21.1. The van der Waals surface area contributed by atoms with Crippen molar-refractivity contribution in [3.05, 3.63) is 58.6 Å². The van der Waals surface area contributed by atoms with Gasteiger partial charge in [0.2, 0.25) is 0 Å². The van der Waals surface area contributed by atoms with Gasteiger partial charge in [-0.25, -0.2) is 0 Å². The van der Waals surface area contributed by atoms with E-state index in [1.54, 1.807) is 0 Å². The number of halogens is 1. The van der Waals surface area contributed by atoms with E-state index in [1.807, 2.05) is 24.8 Å². The summed E-state index contributed by atoms with van der Waals surface area (Å²) in [6.45, 7) is 6.99. The van der Waals surface area contributed by atoms with Gasteiger partial charge in [-0.2, -0.15) is 0 Å². The standard InChI is InChI=1S/C22H26ClN3OS/c1-16(24-27)8-9-25-10-12-26(13-11-25)20-14-17-4-2-3-5-21(17)28-22-7-6-18(23)15-19(20)22/h2-7,15,20,27H,8-14H2,1H3/b24-16-. The highest BCUT2D eigenvalue weighted by Gasteiger charge is 2.30. The summed E-state index contributed by atoms with van der Waals surface area (Å²) in [4.78, 5) is 7.74. The molecule has 1 N–H and O–H groups in total. The maximum atomic E-state index is 8.85. The highest BCUT2D eigenvalue weighted by Crippen LogP contribution is 2.43. The van der Waals surface area contributed by atoms with Gasteiger partial charge in [-0.05, 0) is 48.7 Å². The lowest BCUT2D eigenvalue weighted by Gasteiger charge is -2.39. The van der Waals surface area contributed by atoms with E-state index in [2.05, 4.69) is 51.4 Å². The molecule has 0 aliphatic carbocycles. The van der Waals surface area contributed by atoms with Crippen molar-refractivity contribution >= 4 is 29.1 Å². The highest BCUT2D eigenvalue weighted by molar-refractivity contribution is 7.99. The Morgan fingerprint density at radius 1 is 1.14 bits per heavy atom. The van der Waals surface area contributed by atoms with Gasteiger partial charge < -0.3 is 10.1 Å². The summed E-state index contributed by atoms with van der Waals surface area (Å²) in [5.41, 5.74) is 3.57. The van der Waals surface area contributed by atoms with Crippen molar-refractivity contribution in [2.45, 2.75) is 35.6 Å². The van der Waals surface area contributed by atoms with Crippen molar-refractivity contribution in [3.8, 4) is 0 Å². The van der Waals surface area contributed by atoms with E-state index in [9.17, 15) is 0 Å². The lowest BCUT2D eigenvalue weighted by Crippen LogP contribution is -2.48. The van der Waals surface area contributed by atoms with Crippen LogP contribution < -0.4 is 0 Å². The molecule has 2 aliphatic rings. The zero-order valence-electron chi connectivity index (χ0n) is 16.1. The van der Waals surface area contributed by atoms with E-state index in [1.165, 1.54) is 20.9 Å². The van der Waals surface area contributed by atoms with Crippen molar-refractivity contribution in [2.24, 2.45) is 5.16 Å². The van der Waals surface area contributed by atoms with Crippen molar-refractivity contribution < 1.29 is 5.21 Å². The van der Waals surface area contributed by atoms with Crippen LogP contribution in [-0.4, -0.2) is 53.4 Å². The molecule has 1 unspecified atom stereocenters. The summed E-state index contributed by atoms with van der Waals surface area (Å²) in [6.07, 6.45) is 1.84. The molecule has 0 aromatic heterocycles. The Kier molecular flexibility index (Phi) is 6.26. The third-order valence-electron chi connectivity index (χ3n) is 5.74. The van der Waals surface area contributed by atoms with Crippen LogP contribution in [0.5, 0.6) is 0 Å². The van der Waals surface area contributed by atoms with E-state index in [-0.39, 0.29) is 0 Å². The number of nitrogens with zero attached hydrogens (tertiary/aromatic N) is 3. The molecule has 4 rings (SSSR count). The van der Waals surface area contributed by atoms with E-state index in [0.29, 0.717) is 6.04 Å². The van der Waals surface area contributed by atoms with Crippen LogP contribution in [0, 0.1) is 0 Å². The quantitative estimate of drug-likeness (QED) is 0.436. The van der Waals surface area contributed by atoms with Gasteiger partial charge in [-0.1, -0.05) is 46.7 Å². The number of oxime groups is 1. The second-order valence-corrected chi connectivity index (χ2v) is 9.09. The number of fused-ring (bicyclic) bond motifs is 2. The van der Waals surface area contributed by atoms with Gasteiger partial charge in [-0.3, -0.25) is 4.90 Å². The first kappa shape index (κ1) is 19.8. The van der Waals surface area contributed by atoms with E-state index in [4.69, 9.17) is 16.8 Å². The van der Waals surface area contributed by atoms with Crippen LogP contribution >= 0.6 is 23.4 Å². The second kappa shape index (κ2) is 8.87. The minimum absolute atomic E-state index is 0.354. The molecule has 148 valence electrons. The van der Waals surface area contributed by atoms with E-state index in [0.717, 1.165) is 56.3 Å². The number of piperazine rings is 1. The fourth-order valence-electron chi connectivity index (χ4n) is 4.08. The van der Waals surface area contributed by atoms with Gasteiger partial charge in [0.05, 0.1) is 5.71 Å². The molecule has 1 atom stereocenters. The molecule has 0 amide bonds. The van der Waals surface area contributed by atoms with Crippen molar-refractivity contribution in [2.75, 3.05) is 32.7 Å². The van der Waals surface area contributed by atoms with Crippen molar-refractivity contribution in [1.82, 2.24) is 9.80 Å². The summed E-state index contributed by atoms with van der Waals surface area (Å²) in [5.74, 6) is 0. The van der Waals surface area contributed by atoms with Gasteiger partial charge in [0, 0.05) is 60.0 Å². The molecule has 0 radical (unpaired) electrons. The van der Waals surface area contributed by atoms with Crippen LogP contribution in [0.15, 0.2) is 57.4 Å². The SMILES string of the molecule is C/C(CCN1CCN(C2Cc3ccccc3Sc3ccc(Cl)cc32)CC1)=N/O. The lowest BCUT2D eigenvalue weighted by molar-refractivity contribution is 0.0960. The first-order chi connectivity index (χ1) is 13.6. The van der Waals surface area contributed by atoms with Gasteiger partial charge in [0.1, 0.15) is 0 Å². The van der Waals surface area contributed by atoms with Crippen LogP contribution in [-0.2, 0) is 6.42 Å². The third-order valence-corrected chi connectivity index (χ3v) is 7.19. The van der Waals surface area contributed by atoms with E-state index < -0.39 is 0 Å².